The van der Waals surface area contributed by atoms with Crippen LogP contribution in [-0.2, 0) is 22.5 Å². The van der Waals surface area contributed by atoms with Crippen molar-refractivity contribution in [2.75, 3.05) is 38.2 Å². The Balaban J connectivity index is 1.41. The van der Waals surface area contributed by atoms with Crippen LogP contribution in [0.3, 0.4) is 0 Å². The Labute approximate surface area is 165 Å². The van der Waals surface area contributed by atoms with Crippen LogP contribution in [0, 0.1) is 0 Å². The second-order valence-corrected chi connectivity index (χ2v) is 7.10. The minimum absolute atomic E-state index is 0.0244. The summed E-state index contributed by atoms with van der Waals surface area (Å²) in [6.07, 6.45) is 6.75. The number of nitrogens with zero attached hydrogens (tertiary/aromatic N) is 3. The van der Waals surface area contributed by atoms with Crippen LogP contribution in [-0.4, -0.2) is 53.2 Å². The van der Waals surface area contributed by atoms with Crippen molar-refractivity contribution in [1.29, 1.82) is 0 Å². The van der Waals surface area contributed by atoms with Crippen LogP contribution < -0.4 is 5.32 Å². The Kier molecular flexibility index (Phi) is 5.99. The maximum Gasteiger partial charge on any atom is 0.224 e. The molecule has 1 saturated heterocycles. The highest BCUT2D eigenvalue weighted by Crippen LogP contribution is 2.23. The number of morpholine rings is 1. The second kappa shape index (κ2) is 8.99. The van der Waals surface area contributed by atoms with Gasteiger partial charge in [-0.05, 0) is 30.2 Å². The highest BCUT2D eigenvalue weighted by molar-refractivity contribution is 5.91. The Bertz CT molecular complexity index is 917. The van der Waals surface area contributed by atoms with Gasteiger partial charge in [-0.1, -0.05) is 18.2 Å². The summed E-state index contributed by atoms with van der Waals surface area (Å²) in [6.45, 7) is 5.62. The number of aryl methyl sites for hydroxylation is 1. The number of nitrogens with one attached hydrogen (secondary N) is 1. The van der Waals surface area contributed by atoms with E-state index in [4.69, 9.17) is 4.74 Å². The lowest BCUT2D eigenvalue weighted by Crippen LogP contribution is -2.38. The van der Waals surface area contributed by atoms with Gasteiger partial charge in [0, 0.05) is 67.8 Å². The number of aromatic nitrogens is 2. The largest absolute Gasteiger partial charge is 0.379 e. The zero-order valence-electron chi connectivity index (χ0n) is 16.0. The first-order chi connectivity index (χ1) is 13.8. The van der Waals surface area contributed by atoms with Crippen LogP contribution >= 0.6 is 0 Å². The number of anilines is 1. The first-order valence-electron chi connectivity index (χ1n) is 9.86. The van der Waals surface area contributed by atoms with Gasteiger partial charge < -0.3 is 14.6 Å². The van der Waals surface area contributed by atoms with Crippen molar-refractivity contribution in [2.24, 2.45) is 0 Å². The molecular weight excluding hydrogens is 352 g/mol. The maximum atomic E-state index is 12.3. The standard InChI is InChI=1S/C22H26N4O2/c27-22(24-19-7-9-23-10-8-19)6-5-18-17-26(21-4-2-1-3-20(18)21)12-11-25-13-15-28-16-14-25/h1-4,7-10,17H,5-6,11-16H2,(H,23,24,27). The molecule has 146 valence electrons. The van der Waals surface area contributed by atoms with E-state index in [-0.39, 0.29) is 5.91 Å². The number of hydrogen-bond donors (Lipinski definition) is 1. The highest BCUT2D eigenvalue weighted by atomic mass is 16.5. The number of rotatable bonds is 7. The summed E-state index contributed by atoms with van der Waals surface area (Å²) in [5.41, 5.74) is 3.25. The number of hydrogen-bond acceptors (Lipinski definition) is 4. The second-order valence-electron chi connectivity index (χ2n) is 7.10. The Morgan fingerprint density at radius 1 is 1.07 bits per heavy atom. The predicted octanol–water partition coefficient (Wildman–Crippen LogP) is 2.94. The molecule has 0 unspecified atom stereocenters. The average molecular weight is 378 g/mol. The van der Waals surface area contributed by atoms with Gasteiger partial charge in [0.2, 0.25) is 5.91 Å². The number of ether oxygens (including phenoxy) is 1. The predicted molar refractivity (Wildman–Crippen MR) is 110 cm³/mol. The van der Waals surface area contributed by atoms with Gasteiger partial charge in [-0.3, -0.25) is 14.7 Å². The molecule has 6 nitrogen and oxygen atoms in total. The van der Waals surface area contributed by atoms with Crippen LogP contribution in [0.1, 0.15) is 12.0 Å². The molecule has 6 heteroatoms. The van der Waals surface area contributed by atoms with Crippen molar-refractivity contribution in [2.45, 2.75) is 19.4 Å². The molecule has 3 heterocycles. The van der Waals surface area contributed by atoms with E-state index >= 15 is 0 Å². The van der Waals surface area contributed by atoms with Crippen molar-refractivity contribution in [3.05, 3.63) is 60.6 Å². The molecule has 2 aromatic heterocycles. The molecule has 1 amide bonds. The molecule has 0 spiro atoms. The van der Waals surface area contributed by atoms with E-state index in [9.17, 15) is 4.79 Å². The van der Waals surface area contributed by atoms with Crippen LogP contribution in [0.25, 0.3) is 10.9 Å². The van der Waals surface area contributed by atoms with Gasteiger partial charge >= 0.3 is 0 Å². The highest BCUT2D eigenvalue weighted by Gasteiger charge is 2.13. The van der Waals surface area contributed by atoms with Gasteiger partial charge in [0.1, 0.15) is 0 Å². The molecular formula is C22H26N4O2. The van der Waals surface area contributed by atoms with Crippen molar-refractivity contribution in [3.63, 3.8) is 0 Å². The summed E-state index contributed by atoms with van der Waals surface area (Å²) in [6, 6.07) is 12.1. The van der Waals surface area contributed by atoms with Gasteiger partial charge in [0.15, 0.2) is 0 Å². The number of carbonyl (C=O) groups is 1. The topological polar surface area (TPSA) is 59.4 Å². The fraction of sp³-hybridized carbons (Fsp3) is 0.364. The average Bonchev–Trinajstić information content (AvgIpc) is 3.10. The molecule has 1 N–H and O–H groups in total. The molecule has 1 fully saturated rings. The molecule has 1 aliphatic rings. The third-order valence-electron chi connectivity index (χ3n) is 5.22. The number of fused-ring (bicyclic) bond motifs is 1. The molecule has 0 aliphatic carbocycles. The summed E-state index contributed by atoms with van der Waals surface area (Å²) in [5, 5.41) is 4.17. The monoisotopic (exact) mass is 378 g/mol. The maximum absolute atomic E-state index is 12.3. The summed E-state index contributed by atoms with van der Waals surface area (Å²) in [7, 11) is 0. The van der Waals surface area contributed by atoms with Gasteiger partial charge in [-0.2, -0.15) is 0 Å². The van der Waals surface area contributed by atoms with Crippen molar-refractivity contribution in [3.8, 4) is 0 Å². The number of para-hydroxylation sites is 1. The normalized spacial score (nSPS) is 15.0. The van der Waals surface area contributed by atoms with Gasteiger partial charge in [-0.25, -0.2) is 0 Å². The third-order valence-corrected chi connectivity index (χ3v) is 5.22. The van der Waals surface area contributed by atoms with Gasteiger partial charge in [0.05, 0.1) is 13.2 Å². The number of amides is 1. The van der Waals surface area contributed by atoms with Crippen LogP contribution in [0.4, 0.5) is 5.69 Å². The number of pyridine rings is 1. The van der Waals surface area contributed by atoms with Crippen LogP contribution in [0.2, 0.25) is 0 Å². The van der Waals surface area contributed by atoms with E-state index in [1.807, 2.05) is 0 Å². The van der Waals surface area contributed by atoms with E-state index in [0.29, 0.717) is 6.42 Å². The lowest BCUT2D eigenvalue weighted by Gasteiger charge is -2.26. The molecule has 4 rings (SSSR count). The van der Waals surface area contributed by atoms with Crippen LogP contribution in [0.5, 0.6) is 0 Å². The lowest BCUT2D eigenvalue weighted by atomic mass is 10.1. The zero-order chi connectivity index (χ0) is 19.2. The smallest absolute Gasteiger partial charge is 0.224 e. The Hall–Kier alpha value is -2.70. The van der Waals surface area contributed by atoms with Crippen molar-refractivity contribution < 1.29 is 9.53 Å². The SMILES string of the molecule is O=C(CCc1cn(CCN2CCOCC2)c2ccccc12)Nc1ccncc1. The number of benzene rings is 1. The molecule has 1 aromatic carbocycles. The molecule has 3 aromatic rings. The van der Waals surface area contributed by atoms with E-state index in [0.717, 1.165) is 51.5 Å². The van der Waals surface area contributed by atoms with E-state index in [1.165, 1.54) is 16.5 Å². The summed E-state index contributed by atoms with van der Waals surface area (Å²) < 4.78 is 7.75. The van der Waals surface area contributed by atoms with E-state index in [2.05, 4.69) is 50.2 Å². The Morgan fingerprint density at radius 3 is 2.68 bits per heavy atom. The first-order valence-corrected chi connectivity index (χ1v) is 9.86. The molecule has 28 heavy (non-hydrogen) atoms. The van der Waals surface area contributed by atoms with Crippen molar-refractivity contribution >= 4 is 22.5 Å². The number of carbonyl (C=O) groups excluding carboxylic acids is 1. The third kappa shape index (κ3) is 4.58. The minimum Gasteiger partial charge on any atom is -0.379 e. The molecule has 0 radical (unpaired) electrons. The minimum atomic E-state index is 0.0244. The summed E-state index contributed by atoms with van der Waals surface area (Å²) in [4.78, 5) is 18.7. The fourth-order valence-electron chi connectivity index (χ4n) is 3.69. The first kappa shape index (κ1) is 18.7. The van der Waals surface area contributed by atoms with Crippen molar-refractivity contribution in [1.82, 2.24) is 14.5 Å². The molecule has 0 atom stereocenters. The van der Waals surface area contributed by atoms with E-state index < -0.39 is 0 Å². The lowest BCUT2D eigenvalue weighted by molar-refractivity contribution is -0.116. The van der Waals surface area contributed by atoms with E-state index in [1.54, 1.807) is 24.5 Å². The molecule has 0 bridgehead atoms. The molecule has 0 saturated carbocycles. The van der Waals surface area contributed by atoms with Gasteiger partial charge in [0.25, 0.3) is 0 Å². The summed E-state index contributed by atoms with van der Waals surface area (Å²) in [5.74, 6) is 0.0244. The zero-order valence-corrected chi connectivity index (χ0v) is 16.0. The summed E-state index contributed by atoms with van der Waals surface area (Å²) >= 11 is 0. The molecule has 1 aliphatic heterocycles. The fourth-order valence-corrected chi connectivity index (χ4v) is 3.69. The van der Waals surface area contributed by atoms with Gasteiger partial charge in [-0.15, -0.1) is 0 Å². The van der Waals surface area contributed by atoms with Crippen LogP contribution in [0.15, 0.2) is 55.0 Å². The Morgan fingerprint density at radius 2 is 1.86 bits per heavy atom. The quantitative estimate of drug-likeness (QED) is 0.687.